The predicted octanol–water partition coefficient (Wildman–Crippen LogP) is 1.62. The lowest BCUT2D eigenvalue weighted by molar-refractivity contribution is -0.132. The number of nitrogens with zero attached hydrogens (tertiary/aromatic N) is 1. The monoisotopic (exact) mass is 303 g/mol. The first-order valence-electron chi connectivity index (χ1n) is 7.33. The van der Waals surface area contributed by atoms with E-state index in [2.05, 4.69) is 24.6 Å². The maximum absolute atomic E-state index is 11.4. The molecule has 2 heterocycles. The van der Waals surface area contributed by atoms with Gasteiger partial charge in [-0.2, -0.15) is 0 Å². The highest BCUT2D eigenvalue weighted by Crippen LogP contribution is 2.38. The van der Waals surface area contributed by atoms with Gasteiger partial charge < -0.3 is 15.2 Å². The van der Waals surface area contributed by atoms with E-state index >= 15 is 0 Å². The number of hydrogen-bond acceptors (Lipinski definition) is 5. The van der Waals surface area contributed by atoms with Gasteiger partial charge in [0.2, 0.25) is 0 Å². The molecule has 1 aromatic carbocycles. The van der Waals surface area contributed by atoms with Crippen LogP contribution in [0.3, 0.4) is 0 Å². The molecule has 0 aromatic heterocycles. The molecule has 0 bridgehead atoms. The zero-order valence-corrected chi connectivity index (χ0v) is 13.0. The van der Waals surface area contributed by atoms with Crippen molar-refractivity contribution in [2.45, 2.75) is 31.8 Å². The number of carbonyl (C=O) groups is 1. The minimum atomic E-state index is -0.889. The fraction of sp³-hybridized carbons (Fsp3) is 0.438. The fourth-order valence-corrected chi connectivity index (χ4v) is 3.17. The Balaban J connectivity index is 1.97. The molecule has 22 heavy (non-hydrogen) atoms. The molecule has 118 valence electrons. The zero-order chi connectivity index (χ0) is 15.9. The smallest absolute Gasteiger partial charge is 0.336 e. The summed E-state index contributed by atoms with van der Waals surface area (Å²) in [7, 11) is 1.64. The number of methoxy groups -OCH3 is 1. The number of carboxylic acid groups (broad SMARTS) is 1. The lowest BCUT2D eigenvalue weighted by Gasteiger charge is -2.46. The standard InChI is InChI=1S/C16H21N3O3/c1-16(2)8-13(10-5-4-6-11(7-10)22-3)18-14-12(15(20)21)9-17-19(14)16/h4-7,13,17-18H,8-9H2,1-3H3,(H,20,21). The summed E-state index contributed by atoms with van der Waals surface area (Å²) in [5.74, 6) is 0.577. The van der Waals surface area contributed by atoms with E-state index in [1.165, 1.54) is 0 Å². The van der Waals surface area contributed by atoms with Gasteiger partial charge in [0.1, 0.15) is 11.6 Å². The Bertz CT molecular complexity index is 639. The van der Waals surface area contributed by atoms with Gasteiger partial charge in [0, 0.05) is 0 Å². The Kier molecular flexibility index (Phi) is 3.48. The van der Waals surface area contributed by atoms with E-state index < -0.39 is 5.97 Å². The summed E-state index contributed by atoms with van der Waals surface area (Å²) in [5.41, 5.74) is 4.45. The third-order valence-corrected chi connectivity index (χ3v) is 4.30. The molecule has 1 atom stereocenters. The van der Waals surface area contributed by atoms with Crippen molar-refractivity contribution in [3.63, 3.8) is 0 Å². The van der Waals surface area contributed by atoms with Crippen LogP contribution < -0.4 is 15.5 Å². The van der Waals surface area contributed by atoms with E-state index in [-0.39, 0.29) is 11.6 Å². The van der Waals surface area contributed by atoms with Crippen molar-refractivity contribution in [3.8, 4) is 5.75 Å². The van der Waals surface area contributed by atoms with Gasteiger partial charge in [-0.1, -0.05) is 12.1 Å². The minimum absolute atomic E-state index is 0.0469. The molecule has 1 aromatic rings. The predicted molar refractivity (Wildman–Crippen MR) is 82.1 cm³/mol. The van der Waals surface area contributed by atoms with Crippen LogP contribution in [0.1, 0.15) is 31.9 Å². The van der Waals surface area contributed by atoms with Crippen molar-refractivity contribution in [3.05, 3.63) is 41.2 Å². The van der Waals surface area contributed by atoms with E-state index in [9.17, 15) is 9.90 Å². The molecular weight excluding hydrogens is 282 g/mol. The zero-order valence-electron chi connectivity index (χ0n) is 13.0. The van der Waals surface area contributed by atoms with Gasteiger partial charge in [-0.25, -0.2) is 10.2 Å². The molecule has 1 unspecified atom stereocenters. The number of nitrogens with one attached hydrogen (secondary N) is 2. The molecule has 6 nitrogen and oxygen atoms in total. The van der Waals surface area contributed by atoms with Crippen molar-refractivity contribution < 1.29 is 14.6 Å². The van der Waals surface area contributed by atoms with Gasteiger partial charge in [-0.3, -0.25) is 5.01 Å². The second kappa shape index (κ2) is 5.21. The van der Waals surface area contributed by atoms with Crippen LogP contribution in [0.4, 0.5) is 0 Å². The lowest BCUT2D eigenvalue weighted by Crippen LogP contribution is -2.56. The van der Waals surface area contributed by atoms with Crippen molar-refractivity contribution in [2.24, 2.45) is 0 Å². The van der Waals surface area contributed by atoms with Crippen molar-refractivity contribution in [1.82, 2.24) is 15.8 Å². The van der Waals surface area contributed by atoms with Gasteiger partial charge in [-0.15, -0.1) is 0 Å². The summed E-state index contributed by atoms with van der Waals surface area (Å²) in [6, 6.07) is 7.94. The molecule has 1 fully saturated rings. The van der Waals surface area contributed by atoms with Crippen LogP contribution in [0, 0.1) is 0 Å². The summed E-state index contributed by atoms with van der Waals surface area (Å²) < 4.78 is 5.29. The maximum Gasteiger partial charge on any atom is 0.336 e. The third kappa shape index (κ3) is 2.39. The van der Waals surface area contributed by atoms with Crippen LogP contribution in [0.25, 0.3) is 0 Å². The summed E-state index contributed by atoms with van der Waals surface area (Å²) in [6.07, 6.45) is 0.851. The molecule has 0 spiro atoms. The first-order valence-corrected chi connectivity index (χ1v) is 7.33. The number of ether oxygens (including phenoxy) is 1. The minimum Gasteiger partial charge on any atom is -0.497 e. The van der Waals surface area contributed by atoms with Gasteiger partial charge in [-0.05, 0) is 38.0 Å². The number of rotatable bonds is 3. The molecule has 0 radical (unpaired) electrons. The lowest BCUT2D eigenvalue weighted by atomic mass is 9.88. The van der Waals surface area contributed by atoms with E-state index in [0.29, 0.717) is 17.9 Å². The molecule has 1 saturated heterocycles. The molecule has 0 saturated carbocycles. The maximum atomic E-state index is 11.4. The topological polar surface area (TPSA) is 73.8 Å². The summed E-state index contributed by atoms with van der Waals surface area (Å²) >= 11 is 0. The molecule has 2 aliphatic heterocycles. The Labute approximate surface area is 129 Å². The summed E-state index contributed by atoms with van der Waals surface area (Å²) in [4.78, 5) is 11.4. The fourth-order valence-electron chi connectivity index (χ4n) is 3.17. The van der Waals surface area contributed by atoms with Gasteiger partial charge in [0.15, 0.2) is 0 Å². The molecule has 6 heteroatoms. The van der Waals surface area contributed by atoms with Crippen molar-refractivity contribution >= 4 is 5.97 Å². The second-order valence-electron chi connectivity index (χ2n) is 6.29. The van der Waals surface area contributed by atoms with Gasteiger partial charge >= 0.3 is 5.97 Å². The highest BCUT2D eigenvalue weighted by Gasteiger charge is 2.43. The van der Waals surface area contributed by atoms with Gasteiger partial charge in [0.05, 0.1) is 30.8 Å². The number of carboxylic acids is 1. The summed E-state index contributed by atoms with van der Waals surface area (Å²) in [5, 5.41) is 14.7. The number of benzene rings is 1. The first kappa shape index (κ1) is 14.7. The molecular formula is C16H21N3O3. The van der Waals surface area contributed by atoms with E-state index in [4.69, 9.17) is 4.74 Å². The van der Waals surface area contributed by atoms with Crippen molar-refractivity contribution in [2.75, 3.05) is 13.7 Å². The second-order valence-corrected chi connectivity index (χ2v) is 6.29. The number of fused-ring (bicyclic) bond motifs is 1. The molecule has 2 aliphatic rings. The normalized spacial score (nSPS) is 23.0. The van der Waals surface area contributed by atoms with Crippen LogP contribution >= 0.6 is 0 Å². The largest absolute Gasteiger partial charge is 0.497 e. The quantitative estimate of drug-likeness (QED) is 0.788. The molecule has 0 aliphatic carbocycles. The van der Waals surface area contributed by atoms with E-state index in [1.807, 2.05) is 29.3 Å². The highest BCUT2D eigenvalue weighted by molar-refractivity contribution is 5.88. The first-order chi connectivity index (χ1) is 10.4. The highest BCUT2D eigenvalue weighted by atomic mass is 16.5. The Morgan fingerprint density at radius 3 is 2.91 bits per heavy atom. The Hall–Kier alpha value is -2.21. The van der Waals surface area contributed by atoms with Crippen LogP contribution in [0.2, 0.25) is 0 Å². The number of hydrogen-bond donors (Lipinski definition) is 3. The van der Waals surface area contributed by atoms with Crippen LogP contribution in [-0.2, 0) is 4.79 Å². The summed E-state index contributed by atoms with van der Waals surface area (Å²) in [6.45, 7) is 4.56. The van der Waals surface area contributed by atoms with Crippen molar-refractivity contribution in [1.29, 1.82) is 0 Å². The SMILES string of the molecule is COc1cccc(C2CC(C)(C)N3NCC(C(=O)O)=C3N2)c1. The molecule has 0 amide bonds. The van der Waals surface area contributed by atoms with Crippen LogP contribution in [0.5, 0.6) is 5.75 Å². The van der Waals surface area contributed by atoms with Crippen LogP contribution in [-0.4, -0.2) is 35.3 Å². The average molecular weight is 303 g/mol. The Morgan fingerprint density at radius 1 is 1.45 bits per heavy atom. The molecule has 3 rings (SSSR count). The van der Waals surface area contributed by atoms with E-state index in [1.54, 1.807) is 7.11 Å². The number of hydrazine groups is 1. The molecule has 3 N–H and O–H groups in total. The third-order valence-electron chi connectivity index (χ3n) is 4.30. The number of aliphatic carboxylic acids is 1. The van der Waals surface area contributed by atoms with Gasteiger partial charge in [0.25, 0.3) is 0 Å². The van der Waals surface area contributed by atoms with Crippen LogP contribution in [0.15, 0.2) is 35.7 Å². The Morgan fingerprint density at radius 2 is 2.23 bits per heavy atom. The average Bonchev–Trinajstić information content (AvgIpc) is 2.92. The van der Waals surface area contributed by atoms with E-state index in [0.717, 1.165) is 17.7 Å².